The normalized spacial score (nSPS) is 13.3. The number of hydrogen-bond acceptors (Lipinski definition) is 0. The van der Waals surface area contributed by atoms with Gasteiger partial charge >= 0.3 is 0 Å². The lowest BCUT2D eigenvalue weighted by Crippen LogP contribution is -2.04. The summed E-state index contributed by atoms with van der Waals surface area (Å²) in [6.07, 6.45) is 15.3. The Balaban J connectivity index is 4.57. The van der Waals surface area contributed by atoms with E-state index in [1.807, 2.05) is 6.08 Å². The molecule has 0 fully saturated rings. The van der Waals surface area contributed by atoms with Crippen LogP contribution in [0.3, 0.4) is 0 Å². The fourth-order valence-electron chi connectivity index (χ4n) is 3.13. The maximum Gasteiger partial charge on any atom is -0.0168 e. The van der Waals surface area contributed by atoms with Crippen molar-refractivity contribution in [3.8, 4) is 0 Å². The molecule has 144 valence electrons. The quantitative estimate of drug-likeness (QED) is 0.206. The van der Waals surface area contributed by atoms with Gasteiger partial charge < -0.3 is 0 Å². The van der Waals surface area contributed by atoms with Gasteiger partial charge in [-0.1, -0.05) is 89.1 Å². The zero-order chi connectivity index (χ0) is 19.2. The Morgan fingerprint density at radius 1 is 0.840 bits per heavy atom. The van der Waals surface area contributed by atoms with E-state index in [0.29, 0.717) is 5.92 Å². The van der Waals surface area contributed by atoms with Crippen molar-refractivity contribution >= 4 is 0 Å². The van der Waals surface area contributed by atoms with Crippen LogP contribution in [0.5, 0.6) is 0 Å². The van der Waals surface area contributed by atoms with E-state index < -0.39 is 0 Å². The summed E-state index contributed by atoms with van der Waals surface area (Å²) in [5.41, 5.74) is 4.13. The van der Waals surface area contributed by atoms with E-state index in [1.165, 1.54) is 44.1 Å². The van der Waals surface area contributed by atoms with Gasteiger partial charge in [0.1, 0.15) is 0 Å². The van der Waals surface area contributed by atoms with Crippen LogP contribution < -0.4 is 0 Å². The van der Waals surface area contributed by atoms with Gasteiger partial charge in [-0.15, -0.1) is 0 Å². The third-order valence-electron chi connectivity index (χ3n) is 5.06. The second-order valence-electron chi connectivity index (χ2n) is 8.61. The van der Waals surface area contributed by atoms with Gasteiger partial charge in [-0.2, -0.15) is 0 Å². The zero-order valence-electron chi connectivity index (χ0n) is 17.9. The Hall–Kier alpha value is -1.04. The van der Waals surface area contributed by atoms with Crippen LogP contribution in [-0.2, 0) is 0 Å². The third kappa shape index (κ3) is 13.9. The first-order chi connectivity index (χ1) is 11.8. The molecule has 0 aromatic rings. The lowest BCUT2D eigenvalue weighted by Gasteiger charge is -2.19. The molecule has 0 aliphatic carbocycles. The minimum absolute atomic E-state index is 0.587. The second-order valence-corrected chi connectivity index (χ2v) is 8.61. The molecule has 25 heavy (non-hydrogen) atoms. The molecule has 0 saturated heterocycles. The van der Waals surface area contributed by atoms with Crippen LogP contribution in [0.4, 0.5) is 0 Å². The molecule has 1 atom stereocenters. The summed E-state index contributed by atoms with van der Waals surface area (Å²) in [5.74, 6) is 2.19. The standard InChI is InChI=1S/C25H44/c1-9-22(6)16-18-25(24(8)15-11-13-21(4)5)19-17-23(7)14-10-12-20(2)3/h9,17,20-21,25H,1,6,8,10-16,18-19H2,2-5,7H3. The summed E-state index contributed by atoms with van der Waals surface area (Å²) in [4.78, 5) is 0. The van der Waals surface area contributed by atoms with E-state index in [4.69, 9.17) is 0 Å². The van der Waals surface area contributed by atoms with E-state index in [2.05, 4.69) is 60.4 Å². The molecular formula is C25H44. The monoisotopic (exact) mass is 344 g/mol. The number of allylic oxidation sites excluding steroid dienone is 5. The van der Waals surface area contributed by atoms with Crippen LogP contribution in [0.1, 0.15) is 92.4 Å². The van der Waals surface area contributed by atoms with E-state index in [9.17, 15) is 0 Å². The molecule has 0 spiro atoms. The summed E-state index contributed by atoms with van der Waals surface area (Å²) in [6, 6.07) is 0. The first-order valence-electron chi connectivity index (χ1n) is 10.4. The van der Waals surface area contributed by atoms with Gasteiger partial charge in [0, 0.05) is 0 Å². The van der Waals surface area contributed by atoms with Crippen LogP contribution in [0, 0.1) is 17.8 Å². The van der Waals surface area contributed by atoms with Crippen LogP contribution >= 0.6 is 0 Å². The average molecular weight is 345 g/mol. The molecule has 0 aromatic heterocycles. The zero-order valence-corrected chi connectivity index (χ0v) is 17.9. The first-order valence-corrected chi connectivity index (χ1v) is 10.4. The van der Waals surface area contributed by atoms with E-state index in [-0.39, 0.29) is 0 Å². The summed E-state index contributed by atoms with van der Waals surface area (Å²) >= 11 is 0. The van der Waals surface area contributed by atoms with Crippen molar-refractivity contribution < 1.29 is 0 Å². The predicted octanol–water partition coefficient (Wildman–Crippen LogP) is 8.67. The summed E-state index contributed by atoms with van der Waals surface area (Å²) < 4.78 is 0. The van der Waals surface area contributed by atoms with Crippen LogP contribution in [-0.4, -0.2) is 0 Å². The van der Waals surface area contributed by atoms with Gasteiger partial charge in [0.05, 0.1) is 0 Å². The highest BCUT2D eigenvalue weighted by Gasteiger charge is 2.12. The van der Waals surface area contributed by atoms with Crippen LogP contribution in [0.25, 0.3) is 0 Å². The molecule has 0 heteroatoms. The van der Waals surface area contributed by atoms with Crippen molar-refractivity contribution in [3.63, 3.8) is 0 Å². The summed E-state index contributed by atoms with van der Waals surface area (Å²) in [6.45, 7) is 23.9. The molecule has 0 aromatic carbocycles. The molecule has 1 unspecified atom stereocenters. The fraction of sp³-hybridized carbons (Fsp3) is 0.680. The predicted molar refractivity (Wildman–Crippen MR) is 117 cm³/mol. The Bertz CT molecular complexity index is 419. The van der Waals surface area contributed by atoms with Gasteiger partial charge in [0.2, 0.25) is 0 Å². The van der Waals surface area contributed by atoms with Crippen LogP contribution in [0.2, 0.25) is 0 Å². The molecule has 0 amide bonds. The van der Waals surface area contributed by atoms with Crippen molar-refractivity contribution in [3.05, 3.63) is 48.6 Å². The molecule has 0 aliphatic heterocycles. The van der Waals surface area contributed by atoms with Crippen molar-refractivity contribution in [2.45, 2.75) is 92.4 Å². The van der Waals surface area contributed by atoms with Crippen LogP contribution in [0.15, 0.2) is 48.6 Å². The molecule has 0 rings (SSSR count). The lowest BCUT2D eigenvalue weighted by atomic mass is 9.86. The molecular weight excluding hydrogens is 300 g/mol. The molecule has 0 aliphatic rings. The summed E-state index contributed by atoms with van der Waals surface area (Å²) in [7, 11) is 0. The smallest absolute Gasteiger partial charge is 0.0168 e. The fourth-order valence-corrected chi connectivity index (χ4v) is 3.13. The maximum atomic E-state index is 4.43. The highest BCUT2D eigenvalue weighted by atomic mass is 14.2. The maximum absolute atomic E-state index is 4.43. The molecule has 0 saturated carbocycles. The molecule has 0 N–H and O–H groups in total. The highest BCUT2D eigenvalue weighted by molar-refractivity contribution is 5.13. The summed E-state index contributed by atoms with van der Waals surface area (Å²) in [5, 5.41) is 0. The van der Waals surface area contributed by atoms with Gasteiger partial charge in [-0.05, 0) is 69.6 Å². The lowest BCUT2D eigenvalue weighted by molar-refractivity contribution is 0.507. The van der Waals surface area contributed by atoms with Gasteiger partial charge in [0.15, 0.2) is 0 Å². The SMILES string of the molecule is C=CC(=C)CCC(CC=C(C)CCCC(C)C)C(=C)CCCC(C)C. The molecule has 0 radical (unpaired) electrons. The van der Waals surface area contributed by atoms with Crippen molar-refractivity contribution in [2.75, 3.05) is 0 Å². The average Bonchev–Trinajstić information content (AvgIpc) is 2.53. The van der Waals surface area contributed by atoms with E-state index >= 15 is 0 Å². The minimum Gasteiger partial charge on any atom is -0.0996 e. The first kappa shape index (κ1) is 24.0. The van der Waals surface area contributed by atoms with Gasteiger partial charge in [-0.25, -0.2) is 0 Å². The topological polar surface area (TPSA) is 0 Å². The molecule has 0 heterocycles. The van der Waals surface area contributed by atoms with Gasteiger partial charge in [0.25, 0.3) is 0 Å². The van der Waals surface area contributed by atoms with E-state index in [0.717, 1.165) is 36.7 Å². The minimum atomic E-state index is 0.587. The highest BCUT2D eigenvalue weighted by Crippen LogP contribution is 2.28. The Morgan fingerprint density at radius 2 is 1.40 bits per heavy atom. The number of rotatable bonds is 15. The Labute approximate surface area is 159 Å². The molecule has 0 nitrogen and oxygen atoms in total. The van der Waals surface area contributed by atoms with Crippen molar-refractivity contribution in [1.29, 1.82) is 0 Å². The largest absolute Gasteiger partial charge is 0.0996 e. The Morgan fingerprint density at radius 3 is 1.92 bits per heavy atom. The van der Waals surface area contributed by atoms with E-state index in [1.54, 1.807) is 5.57 Å². The van der Waals surface area contributed by atoms with Crippen molar-refractivity contribution in [1.82, 2.24) is 0 Å². The third-order valence-corrected chi connectivity index (χ3v) is 5.06. The molecule has 0 bridgehead atoms. The Kier molecular flexibility index (Phi) is 13.6. The second kappa shape index (κ2) is 14.2. The number of hydrogen-bond donors (Lipinski definition) is 0. The van der Waals surface area contributed by atoms with Crippen molar-refractivity contribution in [2.24, 2.45) is 17.8 Å². The van der Waals surface area contributed by atoms with Gasteiger partial charge in [-0.3, -0.25) is 0 Å².